The van der Waals surface area contributed by atoms with Gasteiger partial charge in [-0.15, -0.1) is 11.3 Å². The zero-order valence-electron chi connectivity index (χ0n) is 11.4. The third kappa shape index (κ3) is 5.07. The molecule has 1 aromatic rings. The van der Waals surface area contributed by atoms with Crippen molar-refractivity contribution < 1.29 is 18.4 Å². The van der Waals surface area contributed by atoms with Crippen LogP contribution < -0.4 is 5.14 Å². The van der Waals surface area contributed by atoms with Gasteiger partial charge in [0.05, 0.1) is 6.10 Å². The molecule has 1 aromatic heterocycles. The molecular weight excluding hydrogens is 306 g/mol. The molecule has 19 heavy (non-hydrogen) atoms. The van der Waals surface area contributed by atoms with Gasteiger partial charge in [0, 0.05) is 23.2 Å². The van der Waals surface area contributed by atoms with Gasteiger partial charge in [0.2, 0.25) is 0 Å². The standard InChI is InChI=1S/C11H19NO4S3/c1-7(15-6-16-9(3)14-4)10-5-11(18-8(10)2)19(12,13)17/h5,7,9H,6H2,1-4H3,(H2,12,13,17). The van der Waals surface area contributed by atoms with Gasteiger partial charge in [-0.3, -0.25) is 0 Å². The second kappa shape index (κ2) is 7.07. The summed E-state index contributed by atoms with van der Waals surface area (Å²) in [7, 11) is -1.27. The summed E-state index contributed by atoms with van der Waals surface area (Å²) in [5.41, 5.74) is 0.927. The largest absolute Gasteiger partial charge is 0.356 e. The van der Waals surface area contributed by atoms with Crippen molar-refractivity contribution in [2.75, 3.05) is 13.9 Å². The minimum atomic E-state index is -2.83. The molecule has 0 spiro atoms. The third-order valence-electron chi connectivity index (χ3n) is 2.60. The van der Waals surface area contributed by atoms with Gasteiger partial charge in [0.25, 0.3) is 0 Å². The zero-order valence-corrected chi connectivity index (χ0v) is 13.8. The van der Waals surface area contributed by atoms with E-state index < -0.39 is 8.68 Å². The lowest BCUT2D eigenvalue weighted by atomic mass is 10.2. The number of methoxy groups -OCH3 is 1. The molecule has 0 radical (unpaired) electrons. The van der Waals surface area contributed by atoms with E-state index in [-0.39, 0.29) is 19.2 Å². The summed E-state index contributed by atoms with van der Waals surface area (Å²) >= 11 is 6.13. The summed E-state index contributed by atoms with van der Waals surface area (Å²) in [4.78, 5) is 0.991. The number of rotatable bonds is 7. The predicted molar refractivity (Wildman–Crippen MR) is 78.9 cm³/mol. The van der Waals surface area contributed by atoms with Crippen LogP contribution >= 0.6 is 11.3 Å². The molecule has 3 unspecified atom stereocenters. The fraction of sp³-hybridized carbons (Fsp3) is 0.636. The van der Waals surface area contributed by atoms with E-state index >= 15 is 0 Å². The molecule has 1 heterocycles. The molecule has 0 aromatic carbocycles. The molecule has 0 amide bonds. The highest BCUT2D eigenvalue weighted by Gasteiger charge is 2.17. The van der Waals surface area contributed by atoms with Crippen LogP contribution in [0.5, 0.6) is 0 Å². The van der Waals surface area contributed by atoms with E-state index in [1.165, 1.54) is 11.3 Å². The molecule has 2 N–H and O–H groups in total. The summed E-state index contributed by atoms with van der Waals surface area (Å²) in [5.74, 6) is 0. The van der Waals surface area contributed by atoms with Gasteiger partial charge in [-0.2, -0.15) is 0 Å². The molecule has 0 aliphatic heterocycles. The maximum absolute atomic E-state index is 11.6. The molecule has 0 saturated carbocycles. The average molecular weight is 325 g/mol. The van der Waals surface area contributed by atoms with Crippen molar-refractivity contribution in [3.8, 4) is 0 Å². The highest BCUT2D eigenvalue weighted by molar-refractivity contribution is 8.32. The van der Waals surface area contributed by atoms with Gasteiger partial charge in [0.1, 0.15) is 12.9 Å². The molecule has 3 atom stereocenters. The van der Waals surface area contributed by atoms with E-state index in [0.717, 1.165) is 10.4 Å². The van der Waals surface area contributed by atoms with Gasteiger partial charge >= 0.3 is 0 Å². The van der Waals surface area contributed by atoms with Crippen LogP contribution in [0.3, 0.4) is 0 Å². The van der Waals surface area contributed by atoms with Gasteiger partial charge in [-0.05, 0) is 32.4 Å². The molecule has 110 valence electrons. The lowest BCUT2D eigenvalue weighted by molar-refractivity contribution is -0.186. The highest BCUT2D eigenvalue weighted by Crippen LogP contribution is 2.31. The van der Waals surface area contributed by atoms with Crippen molar-refractivity contribution in [1.82, 2.24) is 0 Å². The van der Waals surface area contributed by atoms with Crippen LogP contribution in [-0.4, -0.2) is 24.4 Å². The van der Waals surface area contributed by atoms with Crippen molar-refractivity contribution >= 4 is 31.2 Å². The van der Waals surface area contributed by atoms with E-state index in [2.05, 4.69) is 0 Å². The Morgan fingerprint density at radius 1 is 1.47 bits per heavy atom. The Kier molecular flexibility index (Phi) is 6.31. The van der Waals surface area contributed by atoms with E-state index in [1.54, 1.807) is 20.1 Å². The number of hydrogen-bond acceptors (Lipinski definition) is 6. The van der Waals surface area contributed by atoms with Gasteiger partial charge in [0.15, 0.2) is 13.1 Å². The van der Waals surface area contributed by atoms with Crippen molar-refractivity contribution in [2.45, 2.75) is 37.4 Å². The first-order chi connectivity index (χ1) is 8.75. The quantitative estimate of drug-likeness (QED) is 0.777. The van der Waals surface area contributed by atoms with Crippen LogP contribution in [0.1, 0.15) is 30.4 Å². The van der Waals surface area contributed by atoms with Gasteiger partial charge in [-0.25, -0.2) is 9.35 Å². The third-order valence-corrected chi connectivity index (χ3v) is 5.99. The first kappa shape index (κ1) is 17.0. The zero-order chi connectivity index (χ0) is 14.6. The lowest BCUT2D eigenvalue weighted by Crippen LogP contribution is -2.14. The summed E-state index contributed by atoms with van der Waals surface area (Å²) in [6, 6.07) is 1.75. The Hall–Kier alpha value is -0.0900. The van der Waals surface area contributed by atoms with Crippen LogP contribution in [0.2, 0.25) is 0 Å². The average Bonchev–Trinajstić information content (AvgIpc) is 2.70. The number of thiophene rings is 1. The van der Waals surface area contributed by atoms with Crippen LogP contribution in [0.4, 0.5) is 0 Å². The maximum atomic E-state index is 11.6. The van der Waals surface area contributed by atoms with Crippen LogP contribution in [0, 0.1) is 6.92 Å². The number of aryl methyl sites for hydroxylation is 1. The predicted octanol–water partition coefficient (Wildman–Crippen LogP) is 2.08. The summed E-state index contributed by atoms with van der Waals surface area (Å²) in [6.07, 6.45) is -0.507. The number of ether oxygens (including phenoxy) is 3. The van der Waals surface area contributed by atoms with Crippen molar-refractivity contribution in [3.05, 3.63) is 16.5 Å². The number of nitrogens with two attached hydrogens (primary N) is 1. The number of hydrogen-bond donors (Lipinski definition) is 1. The Labute approximate surface area is 122 Å². The monoisotopic (exact) mass is 325 g/mol. The first-order valence-corrected chi connectivity index (χ1v) is 9.01. The van der Waals surface area contributed by atoms with Gasteiger partial charge in [-0.1, -0.05) is 0 Å². The molecule has 0 aliphatic rings. The van der Waals surface area contributed by atoms with E-state index in [9.17, 15) is 4.21 Å². The fourth-order valence-electron chi connectivity index (χ4n) is 1.41. The molecule has 1 rings (SSSR count). The molecule has 0 aliphatic carbocycles. The fourth-order valence-corrected chi connectivity index (χ4v) is 3.82. The Morgan fingerprint density at radius 3 is 2.58 bits per heavy atom. The molecule has 0 saturated heterocycles. The summed E-state index contributed by atoms with van der Waals surface area (Å²) in [5, 5.41) is 5.47. The van der Waals surface area contributed by atoms with E-state index in [4.69, 9.17) is 30.5 Å². The van der Waals surface area contributed by atoms with Crippen LogP contribution in [0.25, 0.3) is 0 Å². The first-order valence-electron chi connectivity index (χ1n) is 5.64. The topological polar surface area (TPSA) is 70.8 Å². The summed E-state index contributed by atoms with van der Waals surface area (Å²) < 4.78 is 27.9. The Morgan fingerprint density at radius 2 is 2.11 bits per heavy atom. The normalized spacial score (nSPS) is 17.9. The Balaban J connectivity index is 2.67. The SMILES string of the molecule is COC(C)OCOC(C)c1cc(S(N)(=O)=S)sc1C. The molecule has 0 bridgehead atoms. The second-order valence-corrected chi connectivity index (χ2v) is 8.55. The van der Waals surface area contributed by atoms with E-state index in [0.29, 0.717) is 4.21 Å². The second-order valence-electron chi connectivity index (χ2n) is 4.02. The van der Waals surface area contributed by atoms with Crippen LogP contribution in [0.15, 0.2) is 10.3 Å². The molecule has 8 heteroatoms. The molecule has 0 fully saturated rings. The minimum Gasteiger partial charge on any atom is -0.356 e. The highest BCUT2D eigenvalue weighted by atomic mass is 32.8. The lowest BCUT2D eigenvalue weighted by Gasteiger charge is -2.15. The molecular formula is C11H19NO4S3. The van der Waals surface area contributed by atoms with Crippen molar-refractivity contribution in [1.29, 1.82) is 0 Å². The Bertz CT molecular complexity index is 512. The molecule has 5 nitrogen and oxygen atoms in total. The minimum absolute atomic E-state index is 0.118. The maximum Gasteiger partial charge on any atom is 0.157 e. The van der Waals surface area contributed by atoms with Crippen LogP contribution in [-0.2, 0) is 34.1 Å². The van der Waals surface area contributed by atoms with Crippen molar-refractivity contribution in [3.63, 3.8) is 0 Å². The van der Waals surface area contributed by atoms with E-state index in [1.807, 2.05) is 13.8 Å². The van der Waals surface area contributed by atoms with Gasteiger partial charge < -0.3 is 14.2 Å². The van der Waals surface area contributed by atoms with Crippen molar-refractivity contribution in [2.24, 2.45) is 5.14 Å². The smallest absolute Gasteiger partial charge is 0.157 e. The summed E-state index contributed by atoms with van der Waals surface area (Å²) in [6.45, 7) is 5.71.